The Morgan fingerprint density at radius 3 is 2.07 bits per heavy atom. The van der Waals surface area contributed by atoms with Crippen LogP contribution < -0.4 is 4.90 Å². The highest BCUT2D eigenvalue weighted by Crippen LogP contribution is 2.24. The Kier molecular flexibility index (Phi) is 10.8. The number of anilines is 1. The monoisotopic (exact) mass is 414 g/mol. The van der Waals surface area contributed by atoms with Gasteiger partial charge in [-0.1, -0.05) is 6.92 Å². The van der Waals surface area contributed by atoms with E-state index in [9.17, 15) is 0 Å². The lowest BCUT2D eigenvalue weighted by Gasteiger charge is -2.33. The maximum atomic E-state index is 8.37. The number of benzene rings is 1. The standard InChI is InChI=1S/C25H42N4O/c1-10-16-28(11-2)25(17-24(26)21(8)30-9)20(7)27-22-12-14-23(15-13-22)29(18(3)4)19(5)6/h12-15,17-19,21,26H,10-11,16H2,1-9H3. The molecule has 0 amide bonds. The van der Waals surface area contributed by atoms with Crippen molar-refractivity contribution >= 4 is 22.8 Å². The smallest absolute Gasteiger partial charge is 0.0956 e. The second kappa shape index (κ2) is 12.5. The van der Waals surface area contributed by atoms with Gasteiger partial charge in [0.25, 0.3) is 0 Å². The predicted octanol–water partition coefficient (Wildman–Crippen LogP) is 6.07. The predicted molar refractivity (Wildman–Crippen MR) is 132 cm³/mol. The number of aliphatic imine (C=N–C) groups is 1. The van der Waals surface area contributed by atoms with Crippen LogP contribution in [0.1, 0.15) is 61.8 Å². The molecular formula is C25H42N4O. The number of hydrogen-bond donors (Lipinski definition) is 1. The van der Waals surface area contributed by atoms with Crippen LogP contribution in [0, 0.1) is 5.41 Å². The molecule has 1 aromatic carbocycles. The van der Waals surface area contributed by atoms with Gasteiger partial charge in [0, 0.05) is 38.0 Å². The summed E-state index contributed by atoms with van der Waals surface area (Å²) in [5.41, 5.74) is 4.49. The number of nitrogens with one attached hydrogen (secondary N) is 1. The van der Waals surface area contributed by atoms with E-state index in [1.807, 2.05) is 19.9 Å². The molecule has 0 saturated carbocycles. The zero-order valence-corrected chi connectivity index (χ0v) is 20.5. The minimum atomic E-state index is -0.245. The molecule has 0 aliphatic heterocycles. The Bertz CT molecular complexity index is 711. The normalized spacial score (nSPS) is 13.7. The maximum Gasteiger partial charge on any atom is 0.0956 e. The first kappa shape index (κ1) is 25.9. The number of rotatable bonds is 12. The van der Waals surface area contributed by atoms with Gasteiger partial charge < -0.3 is 19.9 Å². The van der Waals surface area contributed by atoms with Crippen molar-refractivity contribution in [3.05, 3.63) is 36.0 Å². The van der Waals surface area contributed by atoms with Crippen molar-refractivity contribution in [3.8, 4) is 0 Å². The quantitative estimate of drug-likeness (QED) is 0.422. The zero-order chi connectivity index (χ0) is 22.8. The first-order valence-electron chi connectivity index (χ1n) is 11.2. The van der Waals surface area contributed by atoms with Gasteiger partial charge in [-0.15, -0.1) is 0 Å². The van der Waals surface area contributed by atoms with Crippen molar-refractivity contribution in [2.24, 2.45) is 4.99 Å². The van der Waals surface area contributed by atoms with Gasteiger partial charge in [-0.3, -0.25) is 4.99 Å². The average molecular weight is 415 g/mol. The van der Waals surface area contributed by atoms with Crippen molar-refractivity contribution < 1.29 is 4.74 Å². The van der Waals surface area contributed by atoms with Gasteiger partial charge >= 0.3 is 0 Å². The maximum absolute atomic E-state index is 8.37. The van der Waals surface area contributed by atoms with Crippen LogP contribution in [0.3, 0.4) is 0 Å². The average Bonchev–Trinajstić information content (AvgIpc) is 2.70. The van der Waals surface area contributed by atoms with E-state index in [1.54, 1.807) is 7.11 Å². The van der Waals surface area contributed by atoms with Crippen LogP contribution >= 0.6 is 0 Å². The van der Waals surface area contributed by atoms with Crippen molar-refractivity contribution in [2.45, 2.75) is 80.0 Å². The van der Waals surface area contributed by atoms with Crippen LogP contribution in [0.5, 0.6) is 0 Å². The number of methoxy groups -OCH3 is 1. The third-order valence-corrected chi connectivity index (χ3v) is 5.23. The highest BCUT2D eigenvalue weighted by Gasteiger charge is 2.16. The number of nitrogens with zero attached hydrogens (tertiary/aromatic N) is 3. The SMILES string of the molecule is CCCN(CC)C(=CC(=N)C(C)OC)C(C)=Nc1ccc(N(C(C)C)C(C)C)cc1. The van der Waals surface area contributed by atoms with Crippen molar-refractivity contribution in [3.63, 3.8) is 0 Å². The van der Waals surface area contributed by atoms with Gasteiger partial charge in [-0.05, 0) is 85.2 Å². The Morgan fingerprint density at radius 2 is 1.63 bits per heavy atom. The molecule has 0 fully saturated rings. The van der Waals surface area contributed by atoms with E-state index in [0.29, 0.717) is 17.8 Å². The fourth-order valence-corrected chi connectivity index (χ4v) is 3.68. The summed E-state index contributed by atoms with van der Waals surface area (Å²) in [6.07, 6.45) is 2.70. The fraction of sp³-hybridized carbons (Fsp3) is 0.600. The van der Waals surface area contributed by atoms with Gasteiger partial charge in [0.05, 0.1) is 28.9 Å². The molecular weight excluding hydrogens is 372 g/mol. The Morgan fingerprint density at radius 1 is 1.07 bits per heavy atom. The van der Waals surface area contributed by atoms with Crippen LogP contribution in [0.4, 0.5) is 11.4 Å². The summed E-state index contributed by atoms with van der Waals surface area (Å²) in [5.74, 6) is 0. The lowest BCUT2D eigenvalue weighted by Crippen LogP contribution is -2.36. The lowest BCUT2D eigenvalue weighted by atomic mass is 10.1. The van der Waals surface area contributed by atoms with Crippen LogP contribution in [-0.4, -0.2) is 54.7 Å². The molecule has 0 spiro atoms. The molecule has 0 aliphatic rings. The zero-order valence-electron chi connectivity index (χ0n) is 20.5. The molecule has 0 bridgehead atoms. The van der Waals surface area contributed by atoms with E-state index in [0.717, 1.165) is 36.6 Å². The molecule has 0 saturated heterocycles. The summed E-state index contributed by atoms with van der Waals surface area (Å²) in [7, 11) is 1.64. The molecule has 1 aromatic rings. The molecule has 1 atom stereocenters. The molecule has 0 heterocycles. The molecule has 1 N–H and O–H groups in total. The van der Waals surface area contributed by atoms with Crippen molar-refractivity contribution in [1.29, 1.82) is 5.41 Å². The summed E-state index contributed by atoms with van der Waals surface area (Å²) in [5, 5.41) is 8.37. The van der Waals surface area contributed by atoms with Gasteiger partial charge in [0.15, 0.2) is 0 Å². The minimum Gasteiger partial charge on any atom is -0.375 e. The summed E-state index contributed by atoms with van der Waals surface area (Å²) in [6, 6.07) is 9.33. The van der Waals surface area contributed by atoms with E-state index in [2.05, 4.69) is 75.6 Å². The topological polar surface area (TPSA) is 51.9 Å². The lowest BCUT2D eigenvalue weighted by molar-refractivity contribution is 0.170. The molecule has 5 nitrogen and oxygen atoms in total. The number of ether oxygens (including phenoxy) is 1. The van der Waals surface area contributed by atoms with Crippen molar-refractivity contribution in [1.82, 2.24) is 4.90 Å². The fourth-order valence-electron chi connectivity index (χ4n) is 3.68. The summed E-state index contributed by atoms with van der Waals surface area (Å²) < 4.78 is 5.33. The second-order valence-electron chi connectivity index (χ2n) is 8.25. The molecule has 1 rings (SSSR count). The summed E-state index contributed by atoms with van der Waals surface area (Å²) in [6.45, 7) is 18.9. The van der Waals surface area contributed by atoms with Crippen LogP contribution in [0.15, 0.2) is 41.0 Å². The van der Waals surface area contributed by atoms with E-state index in [4.69, 9.17) is 15.1 Å². The van der Waals surface area contributed by atoms with E-state index in [1.165, 1.54) is 5.69 Å². The van der Waals surface area contributed by atoms with Crippen molar-refractivity contribution in [2.75, 3.05) is 25.1 Å². The second-order valence-corrected chi connectivity index (χ2v) is 8.25. The molecule has 30 heavy (non-hydrogen) atoms. The molecule has 0 aliphatic carbocycles. The minimum absolute atomic E-state index is 0.245. The summed E-state index contributed by atoms with van der Waals surface area (Å²) >= 11 is 0. The molecule has 168 valence electrons. The summed E-state index contributed by atoms with van der Waals surface area (Å²) in [4.78, 5) is 9.57. The van der Waals surface area contributed by atoms with Gasteiger partial charge in [-0.2, -0.15) is 0 Å². The Labute approximate surface area is 184 Å². The molecule has 0 aromatic heterocycles. The highest BCUT2D eigenvalue weighted by atomic mass is 16.5. The van der Waals surface area contributed by atoms with Gasteiger partial charge in [-0.25, -0.2) is 0 Å². The first-order chi connectivity index (χ1) is 14.2. The third-order valence-electron chi connectivity index (χ3n) is 5.23. The Hall–Kier alpha value is -2.14. The highest BCUT2D eigenvalue weighted by molar-refractivity contribution is 6.07. The largest absolute Gasteiger partial charge is 0.375 e. The van der Waals surface area contributed by atoms with E-state index >= 15 is 0 Å². The first-order valence-corrected chi connectivity index (χ1v) is 11.2. The van der Waals surface area contributed by atoms with E-state index < -0.39 is 0 Å². The van der Waals surface area contributed by atoms with Gasteiger partial charge in [0.1, 0.15) is 0 Å². The molecule has 5 heteroatoms. The Balaban J connectivity index is 3.26. The van der Waals surface area contributed by atoms with Crippen LogP contribution in [0.25, 0.3) is 0 Å². The molecule has 0 radical (unpaired) electrons. The third kappa shape index (κ3) is 7.28. The van der Waals surface area contributed by atoms with Crippen LogP contribution in [-0.2, 0) is 4.74 Å². The molecule has 1 unspecified atom stereocenters. The van der Waals surface area contributed by atoms with Gasteiger partial charge in [0.2, 0.25) is 0 Å². The van der Waals surface area contributed by atoms with Crippen LogP contribution in [0.2, 0.25) is 0 Å². The number of allylic oxidation sites excluding steroid dienone is 1. The van der Waals surface area contributed by atoms with E-state index in [-0.39, 0.29) is 6.10 Å². The number of hydrogen-bond acceptors (Lipinski definition) is 5.